The number of nitrogens with one attached hydrogen (secondary N) is 1. The van der Waals surface area contributed by atoms with Crippen LogP contribution in [0.5, 0.6) is 17.2 Å². The van der Waals surface area contributed by atoms with Gasteiger partial charge in [-0.2, -0.15) is 0 Å². The fraction of sp³-hybridized carbons (Fsp3) is 0.207. The second kappa shape index (κ2) is 12.7. The first kappa shape index (κ1) is 28.0. The van der Waals surface area contributed by atoms with Gasteiger partial charge in [0.15, 0.2) is 11.5 Å². The van der Waals surface area contributed by atoms with Crippen molar-refractivity contribution in [1.82, 2.24) is 5.32 Å². The number of hydrogen-bond acceptors (Lipinski definition) is 6. The standard InChI is InChI=1S/C29H26Cl2N2O6/c1-3-12-38-22-10-8-21(9-11-22)33-28(35)23(27(34)32-29(33)36)14-19-15-24(31)26(25(16-19)37-4-2)39-17-18-6-5-7-20(30)13-18/h5-11,13-16H,3-4,12,17H2,1-2H3,(H,32,34,36)/b23-14-. The second-order valence-electron chi connectivity index (χ2n) is 8.48. The molecule has 1 saturated heterocycles. The van der Waals surface area contributed by atoms with Crippen LogP contribution in [-0.4, -0.2) is 31.1 Å². The summed E-state index contributed by atoms with van der Waals surface area (Å²) >= 11 is 12.6. The number of halogens is 2. The molecule has 8 nitrogen and oxygen atoms in total. The molecule has 10 heteroatoms. The van der Waals surface area contributed by atoms with E-state index in [-0.39, 0.29) is 22.9 Å². The van der Waals surface area contributed by atoms with Gasteiger partial charge in [-0.1, -0.05) is 42.3 Å². The molecule has 1 aliphatic rings. The van der Waals surface area contributed by atoms with E-state index in [1.165, 1.54) is 6.08 Å². The number of amides is 4. The van der Waals surface area contributed by atoms with Crippen molar-refractivity contribution in [3.8, 4) is 17.2 Å². The SMILES string of the molecule is CCCOc1ccc(N2C(=O)NC(=O)/C(=C/c3cc(Cl)c(OCc4cccc(Cl)c4)c(OCC)c3)C2=O)cc1. The molecule has 39 heavy (non-hydrogen) atoms. The van der Waals surface area contributed by atoms with E-state index in [1.807, 2.05) is 19.1 Å². The van der Waals surface area contributed by atoms with Crippen molar-refractivity contribution in [3.63, 3.8) is 0 Å². The molecule has 0 atom stereocenters. The molecular weight excluding hydrogens is 543 g/mol. The van der Waals surface area contributed by atoms with Gasteiger partial charge in [0.25, 0.3) is 11.8 Å². The highest BCUT2D eigenvalue weighted by atomic mass is 35.5. The maximum Gasteiger partial charge on any atom is 0.335 e. The van der Waals surface area contributed by atoms with E-state index in [1.54, 1.807) is 55.5 Å². The van der Waals surface area contributed by atoms with Gasteiger partial charge in [0.2, 0.25) is 0 Å². The van der Waals surface area contributed by atoms with Crippen LogP contribution in [0.3, 0.4) is 0 Å². The van der Waals surface area contributed by atoms with E-state index in [0.717, 1.165) is 16.9 Å². The van der Waals surface area contributed by atoms with E-state index in [0.29, 0.717) is 41.0 Å². The lowest BCUT2D eigenvalue weighted by Crippen LogP contribution is -2.54. The van der Waals surface area contributed by atoms with Crippen LogP contribution in [-0.2, 0) is 16.2 Å². The third-order valence-electron chi connectivity index (χ3n) is 5.58. The van der Waals surface area contributed by atoms with E-state index >= 15 is 0 Å². The Bertz CT molecular complexity index is 1420. The zero-order chi connectivity index (χ0) is 27.9. The predicted molar refractivity (Wildman–Crippen MR) is 150 cm³/mol. The summed E-state index contributed by atoms with van der Waals surface area (Å²) in [6, 6.07) is 16.0. The Morgan fingerprint density at radius 1 is 0.923 bits per heavy atom. The quantitative estimate of drug-likeness (QED) is 0.224. The van der Waals surface area contributed by atoms with Crippen molar-refractivity contribution in [2.75, 3.05) is 18.1 Å². The van der Waals surface area contributed by atoms with Gasteiger partial charge < -0.3 is 14.2 Å². The van der Waals surface area contributed by atoms with E-state index < -0.39 is 17.8 Å². The molecule has 4 amide bonds. The first-order chi connectivity index (χ1) is 18.8. The average Bonchev–Trinajstić information content (AvgIpc) is 2.90. The van der Waals surface area contributed by atoms with E-state index in [9.17, 15) is 14.4 Å². The summed E-state index contributed by atoms with van der Waals surface area (Å²) in [7, 11) is 0. The summed E-state index contributed by atoms with van der Waals surface area (Å²) < 4.78 is 17.2. The third kappa shape index (κ3) is 6.71. The number of urea groups is 1. The Balaban J connectivity index is 1.61. The summed E-state index contributed by atoms with van der Waals surface area (Å²) in [5.41, 5.74) is 1.30. The zero-order valence-corrected chi connectivity index (χ0v) is 22.8. The van der Waals surface area contributed by atoms with Crippen LogP contribution in [0.15, 0.2) is 66.2 Å². The number of carbonyl (C=O) groups excluding carboxylic acids is 3. The number of ether oxygens (including phenoxy) is 3. The number of carbonyl (C=O) groups is 3. The molecule has 0 unspecified atom stereocenters. The molecule has 3 aromatic rings. The molecule has 0 bridgehead atoms. The van der Waals surface area contributed by atoms with Crippen molar-refractivity contribution < 1.29 is 28.6 Å². The van der Waals surface area contributed by atoms with Crippen LogP contribution in [0.4, 0.5) is 10.5 Å². The molecule has 0 radical (unpaired) electrons. The molecule has 1 aliphatic heterocycles. The highest BCUT2D eigenvalue weighted by Gasteiger charge is 2.37. The van der Waals surface area contributed by atoms with Gasteiger partial charge in [-0.05, 0) is 79.1 Å². The molecule has 0 saturated carbocycles. The fourth-order valence-corrected chi connectivity index (χ4v) is 4.31. The Hall–Kier alpha value is -4.01. The van der Waals surface area contributed by atoms with Crippen LogP contribution in [0, 0.1) is 0 Å². The minimum absolute atomic E-state index is 0.195. The van der Waals surface area contributed by atoms with Crippen LogP contribution in [0.25, 0.3) is 6.08 Å². The summed E-state index contributed by atoms with van der Waals surface area (Å²) in [6.07, 6.45) is 2.19. The van der Waals surface area contributed by atoms with Gasteiger partial charge in [0.05, 0.1) is 23.9 Å². The third-order valence-corrected chi connectivity index (χ3v) is 6.10. The van der Waals surface area contributed by atoms with Crippen LogP contribution in [0.1, 0.15) is 31.4 Å². The molecule has 1 fully saturated rings. The van der Waals surface area contributed by atoms with Gasteiger partial charge in [-0.15, -0.1) is 0 Å². The molecule has 202 valence electrons. The fourth-order valence-electron chi connectivity index (χ4n) is 3.83. The van der Waals surface area contributed by atoms with Crippen molar-refractivity contribution in [3.05, 3.63) is 87.4 Å². The van der Waals surface area contributed by atoms with E-state index in [2.05, 4.69) is 5.32 Å². The van der Waals surface area contributed by atoms with Gasteiger partial charge in [-0.25, -0.2) is 9.69 Å². The molecule has 0 spiro atoms. The molecule has 0 aliphatic carbocycles. The number of benzene rings is 3. The first-order valence-corrected chi connectivity index (χ1v) is 13.0. The number of anilines is 1. The van der Waals surface area contributed by atoms with Crippen molar-refractivity contribution in [1.29, 1.82) is 0 Å². The van der Waals surface area contributed by atoms with Crippen molar-refractivity contribution in [2.45, 2.75) is 26.9 Å². The van der Waals surface area contributed by atoms with Gasteiger partial charge >= 0.3 is 6.03 Å². The summed E-state index contributed by atoms with van der Waals surface area (Å²) in [5, 5.41) is 3.01. The highest BCUT2D eigenvalue weighted by Crippen LogP contribution is 2.38. The zero-order valence-electron chi connectivity index (χ0n) is 21.3. The number of barbiturate groups is 1. The lowest BCUT2D eigenvalue weighted by atomic mass is 10.1. The van der Waals surface area contributed by atoms with E-state index in [4.69, 9.17) is 37.4 Å². The largest absolute Gasteiger partial charge is 0.494 e. The topological polar surface area (TPSA) is 94.2 Å². The lowest BCUT2D eigenvalue weighted by Gasteiger charge is -2.26. The number of imide groups is 2. The Labute approximate surface area is 236 Å². The number of hydrogen-bond donors (Lipinski definition) is 1. The molecule has 1 N–H and O–H groups in total. The summed E-state index contributed by atoms with van der Waals surface area (Å²) in [4.78, 5) is 39.4. The van der Waals surface area contributed by atoms with Crippen molar-refractivity contribution in [2.24, 2.45) is 0 Å². The molecule has 3 aromatic carbocycles. The van der Waals surface area contributed by atoms with Gasteiger partial charge in [0.1, 0.15) is 17.9 Å². The molecule has 0 aromatic heterocycles. The van der Waals surface area contributed by atoms with Crippen LogP contribution < -0.4 is 24.4 Å². The monoisotopic (exact) mass is 568 g/mol. The second-order valence-corrected chi connectivity index (χ2v) is 9.33. The minimum atomic E-state index is -0.845. The van der Waals surface area contributed by atoms with Crippen molar-refractivity contribution >= 4 is 52.8 Å². The maximum atomic E-state index is 13.3. The Morgan fingerprint density at radius 3 is 2.38 bits per heavy atom. The minimum Gasteiger partial charge on any atom is -0.494 e. The maximum absolute atomic E-state index is 13.3. The highest BCUT2D eigenvalue weighted by molar-refractivity contribution is 6.39. The number of nitrogens with zero attached hydrogens (tertiary/aromatic N) is 1. The Morgan fingerprint density at radius 2 is 1.69 bits per heavy atom. The number of rotatable bonds is 10. The lowest BCUT2D eigenvalue weighted by molar-refractivity contribution is -0.122. The van der Waals surface area contributed by atoms with Crippen LogP contribution >= 0.6 is 23.2 Å². The average molecular weight is 569 g/mol. The summed E-state index contributed by atoms with van der Waals surface area (Å²) in [6.45, 7) is 4.85. The smallest absolute Gasteiger partial charge is 0.335 e. The van der Waals surface area contributed by atoms with Crippen LogP contribution in [0.2, 0.25) is 10.0 Å². The molecule has 4 rings (SSSR count). The molecular formula is C29H26Cl2N2O6. The predicted octanol–water partition coefficient (Wildman–Crippen LogP) is 6.43. The summed E-state index contributed by atoms with van der Waals surface area (Å²) in [5.74, 6) is -0.352. The molecule has 1 heterocycles. The first-order valence-electron chi connectivity index (χ1n) is 12.3. The normalized spacial score (nSPS) is 14.4. The Kier molecular flexibility index (Phi) is 9.11. The van der Waals surface area contributed by atoms with Gasteiger partial charge in [-0.3, -0.25) is 14.9 Å². The van der Waals surface area contributed by atoms with Gasteiger partial charge in [0, 0.05) is 5.02 Å².